The summed E-state index contributed by atoms with van der Waals surface area (Å²) >= 11 is 0. The van der Waals surface area contributed by atoms with Gasteiger partial charge in [-0.15, -0.1) is 5.75 Å². The van der Waals surface area contributed by atoms with E-state index in [9.17, 15) is 5.11 Å². The summed E-state index contributed by atoms with van der Waals surface area (Å²) in [6.07, 6.45) is 7.00. The van der Waals surface area contributed by atoms with Crippen molar-refractivity contribution < 1.29 is 28.7 Å². The minimum absolute atomic E-state index is 0. The van der Waals surface area contributed by atoms with E-state index in [1.54, 1.807) is 31.9 Å². The number of rotatable bonds is 1. The number of pyridine rings is 2. The van der Waals surface area contributed by atoms with E-state index in [1.165, 1.54) is 0 Å². The first kappa shape index (κ1) is 27.7. The predicted octanol–water partition coefficient (Wildman–Crippen LogP) is 2.53. The van der Waals surface area contributed by atoms with Gasteiger partial charge in [0.1, 0.15) is 5.75 Å². The number of hydrogen-bond donors (Lipinski definition) is 0. The summed E-state index contributed by atoms with van der Waals surface area (Å²) in [6, 6.07) is 15.1. The molecule has 0 unspecified atom stereocenters. The molecule has 0 aliphatic heterocycles. The summed E-state index contributed by atoms with van der Waals surface area (Å²) in [5.74, 6) is 0.908. The molecule has 3 aromatic rings. The average molecular weight is 400 g/mol. The fourth-order valence-corrected chi connectivity index (χ4v) is 2.46. The van der Waals surface area contributed by atoms with E-state index in [4.69, 9.17) is 4.74 Å². The van der Waals surface area contributed by atoms with E-state index in [-0.39, 0.29) is 35.4 Å². The van der Waals surface area contributed by atoms with Crippen LogP contribution in [-0.2, 0) is 10.8 Å². The van der Waals surface area contributed by atoms with E-state index < -0.39 is 0 Å². The van der Waals surface area contributed by atoms with Crippen molar-refractivity contribution >= 4 is 0 Å². The van der Waals surface area contributed by atoms with Crippen LogP contribution in [0.15, 0.2) is 73.3 Å². The second-order valence-electron chi connectivity index (χ2n) is 8.60. The number of benzene rings is 1. The number of methoxy groups -OCH3 is 1. The molecular formula is C25H33LiN2O2. The van der Waals surface area contributed by atoms with Crippen LogP contribution in [-0.4, -0.2) is 17.1 Å². The van der Waals surface area contributed by atoms with Crippen molar-refractivity contribution in [3.05, 3.63) is 84.4 Å². The summed E-state index contributed by atoms with van der Waals surface area (Å²) in [6.45, 7) is 12.3. The minimum Gasteiger partial charge on any atom is -0.872 e. The van der Waals surface area contributed by atoms with Crippen LogP contribution in [0.25, 0.3) is 0 Å². The minimum atomic E-state index is -0.161. The Morgan fingerprint density at radius 1 is 0.667 bits per heavy atom. The van der Waals surface area contributed by atoms with Gasteiger partial charge in [-0.1, -0.05) is 53.7 Å². The van der Waals surface area contributed by atoms with Crippen LogP contribution in [0.3, 0.4) is 0 Å². The van der Waals surface area contributed by atoms with Crippen molar-refractivity contribution in [2.45, 2.75) is 52.4 Å². The Kier molecular flexibility index (Phi) is 12.1. The zero-order valence-electron chi connectivity index (χ0n) is 19.6. The first-order valence-corrected chi connectivity index (χ1v) is 9.67. The number of nitrogens with zero attached hydrogens (tertiary/aromatic N) is 2. The van der Waals surface area contributed by atoms with Gasteiger partial charge in [0.05, 0.1) is 7.11 Å². The first-order valence-electron chi connectivity index (χ1n) is 9.67. The van der Waals surface area contributed by atoms with Gasteiger partial charge < -0.3 is 9.84 Å². The van der Waals surface area contributed by atoms with Crippen molar-refractivity contribution in [3.8, 4) is 11.5 Å². The van der Waals surface area contributed by atoms with Gasteiger partial charge in [0, 0.05) is 24.8 Å². The maximum Gasteiger partial charge on any atom is 1.00 e. The van der Waals surface area contributed by atoms with Crippen molar-refractivity contribution in [1.82, 2.24) is 9.97 Å². The molecule has 30 heavy (non-hydrogen) atoms. The molecule has 156 valence electrons. The molecule has 0 spiro atoms. The quantitative estimate of drug-likeness (QED) is 0.589. The molecule has 0 N–H and O–H groups in total. The number of hydrogen-bond acceptors (Lipinski definition) is 4. The topological polar surface area (TPSA) is 58.1 Å². The third-order valence-electron chi connectivity index (χ3n) is 4.05. The van der Waals surface area contributed by atoms with E-state index in [2.05, 4.69) is 51.5 Å². The van der Waals surface area contributed by atoms with E-state index >= 15 is 0 Å². The van der Waals surface area contributed by atoms with E-state index in [0.29, 0.717) is 0 Å². The van der Waals surface area contributed by atoms with Crippen LogP contribution < -0.4 is 28.7 Å². The molecule has 0 atom stereocenters. The zero-order valence-corrected chi connectivity index (χ0v) is 19.6. The van der Waals surface area contributed by atoms with Crippen molar-refractivity contribution in [2.75, 3.05) is 7.11 Å². The molecule has 5 heteroatoms. The van der Waals surface area contributed by atoms with Gasteiger partial charge in [-0.05, 0) is 58.4 Å². The zero-order chi connectivity index (χ0) is 21.9. The van der Waals surface area contributed by atoms with Crippen LogP contribution in [0.4, 0.5) is 0 Å². The molecule has 0 fully saturated rings. The molecule has 0 bridgehead atoms. The SMILES string of the molecule is COc1cc(C(C)(C)C)c([O-])c(C(C)(C)C)c1.[Li+].c1ccncc1.c1ccncc1. The average Bonchev–Trinajstić information content (AvgIpc) is 2.70. The Morgan fingerprint density at radius 2 is 1.00 bits per heavy atom. The Bertz CT molecular complexity index is 707. The molecule has 4 nitrogen and oxygen atoms in total. The molecule has 0 saturated carbocycles. The molecule has 0 radical (unpaired) electrons. The molecule has 1 aromatic carbocycles. The summed E-state index contributed by atoms with van der Waals surface area (Å²) in [7, 11) is 1.64. The van der Waals surface area contributed by atoms with Gasteiger partial charge in [-0.25, -0.2) is 0 Å². The maximum atomic E-state index is 12.5. The Labute approximate surface area is 193 Å². The fourth-order valence-electron chi connectivity index (χ4n) is 2.46. The van der Waals surface area contributed by atoms with E-state index in [0.717, 1.165) is 16.9 Å². The van der Waals surface area contributed by atoms with Crippen LogP contribution in [0.5, 0.6) is 11.5 Å². The summed E-state index contributed by atoms with van der Waals surface area (Å²) in [5.41, 5.74) is 1.32. The van der Waals surface area contributed by atoms with Crippen LogP contribution in [0.2, 0.25) is 0 Å². The Balaban J connectivity index is 0.000000524. The molecule has 2 heterocycles. The van der Waals surface area contributed by atoms with Gasteiger partial charge in [0.25, 0.3) is 0 Å². The third-order valence-corrected chi connectivity index (χ3v) is 4.05. The molecule has 3 rings (SSSR count). The Hall–Kier alpha value is -2.28. The second-order valence-corrected chi connectivity index (χ2v) is 8.60. The van der Waals surface area contributed by atoms with Gasteiger partial charge in [0.15, 0.2) is 0 Å². The summed E-state index contributed by atoms with van der Waals surface area (Å²) in [4.78, 5) is 7.57. The molecule has 2 aromatic heterocycles. The molecule has 0 saturated heterocycles. The number of aromatic nitrogens is 2. The van der Waals surface area contributed by atoms with Crippen molar-refractivity contribution in [2.24, 2.45) is 0 Å². The van der Waals surface area contributed by atoms with Gasteiger partial charge >= 0.3 is 18.9 Å². The summed E-state index contributed by atoms with van der Waals surface area (Å²) in [5, 5.41) is 12.5. The predicted molar refractivity (Wildman–Crippen MR) is 118 cm³/mol. The number of ether oxygens (including phenoxy) is 1. The monoisotopic (exact) mass is 400 g/mol. The van der Waals surface area contributed by atoms with Gasteiger partial charge in [-0.3, -0.25) is 9.97 Å². The van der Waals surface area contributed by atoms with E-state index in [1.807, 2.05) is 48.5 Å². The second kappa shape index (κ2) is 13.1. The first-order chi connectivity index (χ1) is 13.6. The third kappa shape index (κ3) is 9.96. The smallest absolute Gasteiger partial charge is 0.872 e. The van der Waals surface area contributed by atoms with Crippen LogP contribution >= 0.6 is 0 Å². The van der Waals surface area contributed by atoms with Crippen LogP contribution in [0.1, 0.15) is 52.7 Å². The fraction of sp³-hybridized carbons (Fsp3) is 0.360. The maximum absolute atomic E-state index is 12.5. The van der Waals surface area contributed by atoms with Gasteiger partial charge in [-0.2, -0.15) is 0 Å². The standard InChI is InChI=1S/C15H24O2.2C5H5N.Li/c1-14(2,3)11-8-10(17-7)9-12(13(11)16)15(4,5)6;2*1-2-4-6-5-3-1;/h8-9,16H,1-7H3;2*1-5H;/q;;;+1/p-1. The largest absolute Gasteiger partial charge is 1.00 e. The Morgan fingerprint density at radius 3 is 1.17 bits per heavy atom. The van der Waals surface area contributed by atoms with Gasteiger partial charge in [0.2, 0.25) is 0 Å². The normalized spacial score (nSPS) is 10.4. The molecule has 0 amide bonds. The summed E-state index contributed by atoms with van der Waals surface area (Å²) < 4.78 is 5.30. The molecule has 0 aliphatic rings. The van der Waals surface area contributed by atoms with Crippen molar-refractivity contribution in [3.63, 3.8) is 0 Å². The molecule has 0 aliphatic carbocycles. The van der Waals surface area contributed by atoms with Crippen molar-refractivity contribution in [1.29, 1.82) is 0 Å². The van der Waals surface area contributed by atoms with Crippen LogP contribution in [0, 0.1) is 0 Å². The molecular weight excluding hydrogens is 367 g/mol.